The zero-order chi connectivity index (χ0) is 7.84. The van der Waals surface area contributed by atoms with Gasteiger partial charge in [0.25, 0.3) is 0 Å². The van der Waals surface area contributed by atoms with Crippen molar-refractivity contribution in [1.29, 1.82) is 0 Å². The van der Waals surface area contributed by atoms with Crippen molar-refractivity contribution in [2.24, 2.45) is 0 Å². The second kappa shape index (κ2) is 2.34. The number of aliphatic hydroxyl groups is 1. The third-order valence-electron chi connectivity index (χ3n) is 2.12. The smallest absolute Gasteiger partial charge is 0.145 e. The zero-order valence-corrected chi connectivity index (χ0v) is 6.50. The molecule has 0 bridgehead atoms. The van der Waals surface area contributed by atoms with Crippen molar-refractivity contribution in [1.82, 2.24) is 5.16 Å². The summed E-state index contributed by atoms with van der Waals surface area (Å²) < 4.78 is 5.10. The first-order valence-corrected chi connectivity index (χ1v) is 3.89. The van der Waals surface area contributed by atoms with Crippen LogP contribution in [0.3, 0.4) is 0 Å². The summed E-state index contributed by atoms with van der Waals surface area (Å²) in [6.07, 6.45) is 2.36. The summed E-state index contributed by atoms with van der Waals surface area (Å²) >= 11 is 0. The van der Waals surface area contributed by atoms with Gasteiger partial charge in [-0.25, -0.2) is 0 Å². The predicted octanol–water partition coefficient (Wildman–Crippen LogP) is 1.35. The molecule has 1 aliphatic rings. The molecule has 1 aromatic rings. The molecule has 0 aliphatic heterocycles. The summed E-state index contributed by atoms with van der Waals surface area (Å²) in [6.45, 7) is 1.92. The summed E-state index contributed by atoms with van der Waals surface area (Å²) in [5.74, 6) is 1.45. The monoisotopic (exact) mass is 153 g/mol. The molecule has 0 unspecified atom stereocenters. The molecular formula is C8H11NO2. The van der Waals surface area contributed by atoms with E-state index in [2.05, 4.69) is 5.16 Å². The van der Waals surface area contributed by atoms with Crippen molar-refractivity contribution >= 4 is 0 Å². The van der Waals surface area contributed by atoms with Gasteiger partial charge in [-0.3, -0.25) is 0 Å². The maximum atomic E-state index is 8.96. The molecule has 2 rings (SSSR count). The Morgan fingerprint density at radius 2 is 2.36 bits per heavy atom. The van der Waals surface area contributed by atoms with Crippen LogP contribution < -0.4 is 0 Å². The summed E-state index contributed by atoms with van der Waals surface area (Å²) in [6, 6.07) is 0. The van der Waals surface area contributed by atoms with Crippen molar-refractivity contribution in [3.8, 4) is 0 Å². The second-order valence-corrected chi connectivity index (χ2v) is 3.04. The van der Waals surface area contributed by atoms with E-state index in [1.807, 2.05) is 6.92 Å². The molecule has 0 spiro atoms. The van der Waals surface area contributed by atoms with Crippen LogP contribution in [-0.2, 0) is 6.61 Å². The number of nitrogens with zero attached hydrogens (tertiary/aromatic N) is 1. The molecule has 60 valence electrons. The number of hydrogen-bond donors (Lipinski definition) is 1. The number of aryl methyl sites for hydroxylation is 1. The van der Waals surface area contributed by atoms with Gasteiger partial charge < -0.3 is 9.63 Å². The van der Waals surface area contributed by atoms with E-state index in [9.17, 15) is 0 Å². The van der Waals surface area contributed by atoms with E-state index in [0.717, 1.165) is 17.0 Å². The minimum Gasteiger partial charge on any atom is -0.391 e. The lowest BCUT2D eigenvalue weighted by Crippen LogP contribution is -1.88. The number of aliphatic hydroxyl groups excluding tert-OH is 1. The molecular weight excluding hydrogens is 142 g/mol. The van der Waals surface area contributed by atoms with Crippen LogP contribution in [0.2, 0.25) is 0 Å². The highest BCUT2D eigenvalue weighted by atomic mass is 16.5. The molecule has 0 atom stereocenters. The van der Waals surface area contributed by atoms with Gasteiger partial charge in [0.15, 0.2) is 0 Å². The number of rotatable bonds is 2. The largest absolute Gasteiger partial charge is 0.391 e. The highest BCUT2D eigenvalue weighted by Crippen LogP contribution is 2.42. The van der Waals surface area contributed by atoms with E-state index < -0.39 is 0 Å². The van der Waals surface area contributed by atoms with Crippen molar-refractivity contribution in [3.05, 3.63) is 17.0 Å². The first kappa shape index (κ1) is 6.85. The normalized spacial score (nSPS) is 17.3. The molecule has 1 fully saturated rings. The van der Waals surface area contributed by atoms with Gasteiger partial charge in [-0.1, -0.05) is 5.16 Å². The maximum absolute atomic E-state index is 8.96. The molecule has 11 heavy (non-hydrogen) atoms. The molecule has 1 saturated carbocycles. The molecule has 1 aromatic heterocycles. The van der Waals surface area contributed by atoms with E-state index in [0.29, 0.717) is 5.92 Å². The van der Waals surface area contributed by atoms with Crippen LogP contribution in [0.4, 0.5) is 0 Å². The van der Waals surface area contributed by atoms with E-state index in [4.69, 9.17) is 9.63 Å². The molecule has 0 saturated heterocycles. The van der Waals surface area contributed by atoms with E-state index in [1.54, 1.807) is 0 Å². The molecule has 1 aliphatic carbocycles. The zero-order valence-electron chi connectivity index (χ0n) is 6.50. The summed E-state index contributed by atoms with van der Waals surface area (Å²) in [4.78, 5) is 0. The fourth-order valence-corrected chi connectivity index (χ4v) is 1.26. The Morgan fingerprint density at radius 1 is 1.64 bits per heavy atom. The van der Waals surface area contributed by atoms with Crippen LogP contribution in [0.15, 0.2) is 4.52 Å². The Balaban J connectivity index is 2.36. The Kier molecular flexibility index (Phi) is 1.46. The Morgan fingerprint density at radius 3 is 2.91 bits per heavy atom. The molecule has 0 radical (unpaired) electrons. The van der Waals surface area contributed by atoms with Gasteiger partial charge in [0, 0.05) is 11.5 Å². The summed E-state index contributed by atoms with van der Waals surface area (Å²) in [7, 11) is 0. The molecule has 3 nitrogen and oxygen atoms in total. The maximum Gasteiger partial charge on any atom is 0.145 e. The summed E-state index contributed by atoms with van der Waals surface area (Å²) in [5, 5.41) is 12.8. The Bertz CT molecular complexity index is 263. The lowest BCUT2D eigenvalue weighted by Gasteiger charge is -1.93. The Hall–Kier alpha value is -0.830. The van der Waals surface area contributed by atoms with Crippen molar-refractivity contribution < 1.29 is 9.63 Å². The SMILES string of the molecule is Cc1noc(C2CC2)c1CO. The lowest BCUT2D eigenvalue weighted by molar-refractivity contribution is 0.276. The minimum atomic E-state index is 0.0567. The lowest BCUT2D eigenvalue weighted by atomic mass is 10.1. The van der Waals surface area contributed by atoms with E-state index >= 15 is 0 Å². The molecule has 3 heteroatoms. The highest BCUT2D eigenvalue weighted by Gasteiger charge is 2.30. The van der Waals surface area contributed by atoms with Crippen LogP contribution in [-0.4, -0.2) is 10.3 Å². The third kappa shape index (κ3) is 1.05. The average Bonchev–Trinajstić information content (AvgIpc) is 2.76. The van der Waals surface area contributed by atoms with Gasteiger partial charge in [0.05, 0.1) is 12.3 Å². The highest BCUT2D eigenvalue weighted by molar-refractivity contribution is 5.26. The fourth-order valence-electron chi connectivity index (χ4n) is 1.26. The van der Waals surface area contributed by atoms with Crippen LogP contribution in [0.25, 0.3) is 0 Å². The van der Waals surface area contributed by atoms with Gasteiger partial charge >= 0.3 is 0 Å². The van der Waals surface area contributed by atoms with Crippen LogP contribution in [0, 0.1) is 6.92 Å². The third-order valence-corrected chi connectivity index (χ3v) is 2.12. The fraction of sp³-hybridized carbons (Fsp3) is 0.625. The van der Waals surface area contributed by atoms with Gasteiger partial charge in [0.1, 0.15) is 5.76 Å². The van der Waals surface area contributed by atoms with Crippen molar-refractivity contribution in [2.45, 2.75) is 32.3 Å². The van der Waals surface area contributed by atoms with Crippen LogP contribution in [0.1, 0.15) is 35.8 Å². The summed E-state index contributed by atoms with van der Waals surface area (Å²) in [5.41, 5.74) is 1.72. The van der Waals surface area contributed by atoms with Gasteiger partial charge in [-0.05, 0) is 19.8 Å². The molecule has 1 heterocycles. The standard InChI is InChI=1S/C8H11NO2/c1-5-7(4-10)8(11-9-5)6-2-3-6/h6,10H,2-4H2,1H3. The van der Waals surface area contributed by atoms with Gasteiger partial charge in [-0.15, -0.1) is 0 Å². The average molecular weight is 153 g/mol. The molecule has 0 aromatic carbocycles. The van der Waals surface area contributed by atoms with Crippen molar-refractivity contribution in [3.63, 3.8) is 0 Å². The first-order chi connectivity index (χ1) is 5.33. The molecule has 0 amide bonds. The van der Waals surface area contributed by atoms with E-state index in [1.165, 1.54) is 12.8 Å². The van der Waals surface area contributed by atoms with E-state index in [-0.39, 0.29) is 6.61 Å². The predicted molar refractivity (Wildman–Crippen MR) is 39.1 cm³/mol. The van der Waals surface area contributed by atoms with Crippen LogP contribution >= 0.6 is 0 Å². The van der Waals surface area contributed by atoms with Crippen molar-refractivity contribution in [2.75, 3.05) is 0 Å². The number of aromatic nitrogens is 1. The number of hydrogen-bond acceptors (Lipinski definition) is 3. The first-order valence-electron chi connectivity index (χ1n) is 3.89. The minimum absolute atomic E-state index is 0.0567. The Labute approximate surface area is 65.0 Å². The quantitative estimate of drug-likeness (QED) is 0.697. The van der Waals surface area contributed by atoms with Crippen LogP contribution in [0.5, 0.6) is 0 Å². The van der Waals surface area contributed by atoms with Gasteiger partial charge in [0.2, 0.25) is 0 Å². The molecule has 1 N–H and O–H groups in total. The topological polar surface area (TPSA) is 46.3 Å². The van der Waals surface area contributed by atoms with Gasteiger partial charge in [-0.2, -0.15) is 0 Å². The second-order valence-electron chi connectivity index (χ2n) is 3.04.